The molecule has 2 rings (SSSR count). The zero-order valence-electron chi connectivity index (χ0n) is 11.0. The van der Waals surface area contributed by atoms with Crippen LogP contribution in [0.15, 0.2) is 36.4 Å². The summed E-state index contributed by atoms with van der Waals surface area (Å²) in [4.78, 5) is 0. The Labute approximate surface area is 115 Å². The Morgan fingerprint density at radius 1 is 1.11 bits per heavy atom. The van der Waals surface area contributed by atoms with Crippen LogP contribution in [0.25, 0.3) is 10.8 Å². The van der Waals surface area contributed by atoms with Crippen LogP contribution in [0.4, 0.5) is 0 Å². The molecule has 0 aliphatic carbocycles. The average molecular weight is 265 g/mol. The summed E-state index contributed by atoms with van der Waals surface area (Å²) in [6.45, 7) is 5.14. The summed E-state index contributed by atoms with van der Waals surface area (Å²) in [5, 5.41) is 5.97. The van der Waals surface area contributed by atoms with E-state index in [-0.39, 0.29) is 12.4 Å². The maximum atomic E-state index is 5.45. The van der Waals surface area contributed by atoms with Crippen LogP contribution in [0.3, 0.4) is 0 Å². The van der Waals surface area contributed by atoms with Gasteiger partial charge in [-0.25, -0.2) is 0 Å². The molecule has 0 saturated heterocycles. The minimum absolute atomic E-state index is 0. The second kappa shape index (κ2) is 6.62. The number of benzene rings is 2. The van der Waals surface area contributed by atoms with E-state index in [0.717, 1.165) is 12.3 Å². The van der Waals surface area contributed by atoms with Gasteiger partial charge < -0.3 is 22.5 Å². The molecule has 0 bridgehead atoms. The molecule has 0 aliphatic heterocycles. The summed E-state index contributed by atoms with van der Waals surface area (Å²) in [5.74, 6) is 0.955. The number of halogens is 1. The van der Waals surface area contributed by atoms with Gasteiger partial charge in [0.2, 0.25) is 0 Å². The lowest BCUT2D eigenvalue weighted by molar-refractivity contribution is -0.00000398. The molecule has 0 radical (unpaired) electrons. The Bertz CT molecular complexity index is 511. The first-order chi connectivity index (χ1) is 8.22. The van der Waals surface area contributed by atoms with Crippen molar-refractivity contribution < 1.29 is 17.1 Å². The minimum atomic E-state index is 0. The second-order valence-corrected chi connectivity index (χ2v) is 4.50. The van der Waals surface area contributed by atoms with Crippen LogP contribution in [0.1, 0.15) is 19.4 Å². The number of nitrogens with one attached hydrogen (secondary N) is 1. The van der Waals surface area contributed by atoms with E-state index in [1.165, 1.54) is 16.3 Å². The van der Waals surface area contributed by atoms with Crippen LogP contribution in [0, 0.1) is 0 Å². The lowest BCUT2D eigenvalue weighted by atomic mass is 10.0. The molecule has 18 heavy (non-hydrogen) atoms. The average Bonchev–Trinajstić information content (AvgIpc) is 2.35. The number of methoxy groups -OCH3 is 1. The van der Waals surface area contributed by atoms with Crippen LogP contribution < -0.4 is 22.5 Å². The van der Waals surface area contributed by atoms with Crippen molar-refractivity contribution in [2.75, 3.05) is 7.11 Å². The fourth-order valence-corrected chi connectivity index (χ4v) is 2.00. The van der Waals surface area contributed by atoms with Gasteiger partial charge in [-0.15, -0.1) is 0 Å². The van der Waals surface area contributed by atoms with E-state index >= 15 is 0 Å². The van der Waals surface area contributed by atoms with Crippen molar-refractivity contribution in [3.05, 3.63) is 42.0 Å². The molecule has 1 N–H and O–H groups in total. The van der Waals surface area contributed by atoms with E-state index < -0.39 is 0 Å². The molecule has 0 saturated carbocycles. The van der Waals surface area contributed by atoms with Crippen LogP contribution in [0.5, 0.6) is 5.75 Å². The molecule has 0 spiro atoms. The third-order valence-corrected chi connectivity index (χ3v) is 2.90. The maximum Gasteiger partial charge on any atom is 0.123 e. The van der Waals surface area contributed by atoms with Gasteiger partial charge in [-0.05, 0) is 16.8 Å². The van der Waals surface area contributed by atoms with Gasteiger partial charge in [0.1, 0.15) is 5.75 Å². The normalized spacial score (nSPS) is 10.4. The van der Waals surface area contributed by atoms with Gasteiger partial charge in [-0.3, -0.25) is 0 Å². The Morgan fingerprint density at radius 2 is 1.83 bits per heavy atom. The second-order valence-electron chi connectivity index (χ2n) is 4.50. The number of fused-ring (bicyclic) bond motifs is 1. The first-order valence-corrected chi connectivity index (χ1v) is 6.00. The Morgan fingerprint density at radius 3 is 2.50 bits per heavy atom. The van der Waals surface area contributed by atoms with Crippen molar-refractivity contribution in [2.24, 2.45) is 0 Å². The zero-order chi connectivity index (χ0) is 12.3. The predicted molar refractivity (Wildman–Crippen MR) is 72.5 cm³/mol. The molecule has 3 heteroatoms. The van der Waals surface area contributed by atoms with Crippen molar-refractivity contribution in [2.45, 2.75) is 26.4 Å². The van der Waals surface area contributed by atoms with Crippen LogP contribution in [-0.4, -0.2) is 13.2 Å². The Kier molecular flexibility index (Phi) is 5.45. The fourth-order valence-electron chi connectivity index (χ4n) is 2.00. The molecule has 98 valence electrons. The molecular formula is C15H19ClNO-. The van der Waals surface area contributed by atoms with Gasteiger partial charge in [-0.1, -0.05) is 44.2 Å². The quantitative estimate of drug-likeness (QED) is 0.861. The highest BCUT2D eigenvalue weighted by molar-refractivity contribution is 5.87. The predicted octanol–water partition coefficient (Wildman–Crippen LogP) is 0.350. The SMILES string of the molecule is COc1ccc2ccccc2c1CNC(C)C.[Cl-]. The lowest BCUT2D eigenvalue weighted by Gasteiger charge is -2.14. The van der Waals surface area contributed by atoms with Crippen LogP contribution in [-0.2, 0) is 6.54 Å². The Hall–Kier alpha value is -1.25. The lowest BCUT2D eigenvalue weighted by Crippen LogP contribution is -3.00. The van der Waals surface area contributed by atoms with E-state index in [1.54, 1.807) is 7.11 Å². The molecule has 2 nitrogen and oxygen atoms in total. The van der Waals surface area contributed by atoms with Gasteiger partial charge >= 0.3 is 0 Å². The van der Waals surface area contributed by atoms with E-state index in [4.69, 9.17) is 4.74 Å². The van der Waals surface area contributed by atoms with Gasteiger partial charge in [0.15, 0.2) is 0 Å². The van der Waals surface area contributed by atoms with Gasteiger partial charge in [0.25, 0.3) is 0 Å². The zero-order valence-corrected chi connectivity index (χ0v) is 11.8. The summed E-state index contributed by atoms with van der Waals surface area (Å²) in [6.07, 6.45) is 0. The Balaban J connectivity index is 0.00000162. The van der Waals surface area contributed by atoms with Gasteiger partial charge in [0.05, 0.1) is 7.11 Å². The number of ether oxygens (including phenoxy) is 1. The molecule has 2 aromatic carbocycles. The molecule has 0 aliphatic rings. The van der Waals surface area contributed by atoms with E-state index in [9.17, 15) is 0 Å². The molecule has 0 aromatic heterocycles. The summed E-state index contributed by atoms with van der Waals surface area (Å²) in [7, 11) is 1.73. The molecule has 0 atom stereocenters. The fraction of sp³-hybridized carbons (Fsp3) is 0.333. The molecular weight excluding hydrogens is 246 g/mol. The number of hydrogen-bond acceptors (Lipinski definition) is 2. The maximum absolute atomic E-state index is 5.45. The molecule has 0 fully saturated rings. The number of rotatable bonds is 4. The van der Waals surface area contributed by atoms with E-state index in [2.05, 4.69) is 49.5 Å². The molecule has 0 amide bonds. The van der Waals surface area contributed by atoms with Crippen molar-refractivity contribution in [1.82, 2.24) is 5.32 Å². The van der Waals surface area contributed by atoms with E-state index in [1.807, 2.05) is 6.07 Å². The summed E-state index contributed by atoms with van der Waals surface area (Å²) in [5.41, 5.74) is 1.24. The van der Waals surface area contributed by atoms with Crippen LogP contribution >= 0.6 is 0 Å². The van der Waals surface area contributed by atoms with Gasteiger partial charge in [0, 0.05) is 18.2 Å². The summed E-state index contributed by atoms with van der Waals surface area (Å²) in [6, 6.07) is 13.0. The van der Waals surface area contributed by atoms with Crippen molar-refractivity contribution in [3.63, 3.8) is 0 Å². The van der Waals surface area contributed by atoms with Crippen molar-refractivity contribution in [1.29, 1.82) is 0 Å². The highest BCUT2D eigenvalue weighted by atomic mass is 35.5. The smallest absolute Gasteiger partial charge is 0.123 e. The van der Waals surface area contributed by atoms with E-state index in [0.29, 0.717) is 6.04 Å². The first-order valence-electron chi connectivity index (χ1n) is 6.00. The highest BCUT2D eigenvalue weighted by Gasteiger charge is 2.08. The summed E-state index contributed by atoms with van der Waals surface area (Å²) >= 11 is 0. The van der Waals surface area contributed by atoms with Crippen molar-refractivity contribution >= 4 is 10.8 Å². The topological polar surface area (TPSA) is 21.3 Å². The molecule has 0 heterocycles. The monoisotopic (exact) mass is 264 g/mol. The number of hydrogen-bond donors (Lipinski definition) is 1. The third kappa shape index (κ3) is 3.15. The minimum Gasteiger partial charge on any atom is -1.00 e. The third-order valence-electron chi connectivity index (χ3n) is 2.90. The largest absolute Gasteiger partial charge is 1.00 e. The van der Waals surface area contributed by atoms with Gasteiger partial charge in [-0.2, -0.15) is 0 Å². The van der Waals surface area contributed by atoms with Crippen LogP contribution in [0.2, 0.25) is 0 Å². The van der Waals surface area contributed by atoms with Crippen molar-refractivity contribution in [3.8, 4) is 5.75 Å². The highest BCUT2D eigenvalue weighted by Crippen LogP contribution is 2.27. The molecule has 2 aromatic rings. The standard InChI is InChI=1S/C15H19NO.ClH/c1-11(2)16-10-14-13-7-5-4-6-12(13)8-9-15(14)17-3;/h4-9,11,16H,10H2,1-3H3;1H/p-1. The molecule has 0 unspecified atom stereocenters. The summed E-state index contributed by atoms with van der Waals surface area (Å²) < 4.78 is 5.45. The first kappa shape index (κ1) is 14.8.